The standard InChI is InChI=1S/C26H29FN2O5/c1-31-21-7-4-6-19(12-21)14-29(15-20(30)17-32-18-22-8-5-11-33-22)16-23-13-26(28-34-23)24-9-2-3-10-25(24)27/h2-12,20,23,30H,13-18H2,1H3/t20-,23-/m1/s1. The van der Waals surface area contributed by atoms with Crippen molar-refractivity contribution >= 4 is 5.71 Å². The predicted molar refractivity (Wildman–Crippen MR) is 125 cm³/mol. The number of ether oxygens (including phenoxy) is 2. The van der Waals surface area contributed by atoms with Crippen LogP contribution in [-0.4, -0.2) is 54.7 Å². The van der Waals surface area contributed by atoms with Gasteiger partial charge in [0, 0.05) is 31.6 Å². The van der Waals surface area contributed by atoms with Crippen molar-refractivity contribution in [2.45, 2.75) is 31.8 Å². The molecule has 0 spiro atoms. The fraction of sp³-hybridized carbons (Fsp3) is 0.346. The third-order valence-electron chi connectivity index (χ3n) is 5.52. The van der Waals surface area contributed by atoms with E-state index in [-0.39, 0.29) is 18.5 Å². The number of halogens is 1. The quantitative estimate of drug-likeness (QED) is 0.433. The Balaban J connectivity index is 1.37. The third kappa shape index (κ3) is 6.66. The normalized spacial score (nSPS) is 16.4. The van der Waals surface area contributed by atoms with Crippen molar-refractivity contribution in [3.8, 4) is 5.75 Å². The number of aliphatic hydroxyl groups excluding tert-OH is 1. The molecule has 180 valence electrons. The first kappa shape index (κ1) is 23.9. The monoisotopic (exact) mass is 468 g/mol. The second-order valence-electron chi connectivity index (χ2n) is 8.24. The van der Waals surface area contributed by atoms with Crippen molar-refractivity contribution in [1.82, 2.24) is 4.90 Å². The molecule has 34 heavy (non-hydrogen) atoms. The third-order valence-corrected chi connectivity index (χ3v) is 5.52. The van der Waals surface area contributed by atoms with Crippen LogP contribution in [0, 0.1) is 5.82 Å². The molecule has 0 amide bonds. The molecule has 8 heteroatoms. The van der Waals surface area contributed by atoms with E-state index in [0.717, 1.165) is 11.3 Å². The molecule has 1 aliphatic heterocycles. The van der Waals surface area contributed by atoms with Gasteiger partial charge in [-0.1, -0.05) is 35.5 Å². The number of benzene rings is 2. The maximum Gasteiger partial charge on any atom is 0.145 e. The molecule has 0 saturated heterocycles. The van der Waals surface area contributed by atoms with Crippen molar-refractivity contribution in [2.75, 3.05) is 26.8 Å². The van der Waals surface area contributed by atoms with Gasteiger partial charge in [-0.15, -0.1) is 0 Å². The van der Waals surface area contributed by atoms with Crippen LogP contribution in [0.4, 0.5) is 4.39 Å². The molecule has 1 N–H and O–H groups in total. The summed E-state index contributed by atoms with van der Waals surface area (Å²) in [5.41, 5.74) is 2.08. The number of rotatable bonds is 12. The van der Waals surface area contributed by atoms with Crippen molar-refractivity contribution in [1.29, 1.82) is 0 Å². The van der Waals surface area contributed by atoms with E-state index in [9.17, 15) is 9.50 Å². The van der Waals surface area contributed by atoms with Crippen molar-refractivity contribution in [3.05, 3.63) is 89.6 Å². The highest BCUT2D eigenvalue weighted by Crippen LogP contribution is 2.21. The Kier molecular flexibility index (Phi) is 8.30. The van der Waals surface area contributed by atoms with E-state index in [1.165, 1.54) is 6.07 Å². The maximum absolute atomic E-state index is 14.2. The minimum absolute atomic E-state index is 0.164. The minimum atomic E-state index is -0.714. The van der Waals surface area contributed by atoms with Crippen molar-refractivity contribution in [2.24, 2.45) is 5.16 Å². The van der Waals surface area contributed by atoms with Crippen LogP contribution < -0.4 is 4.74 Å². The summed E-state index contributed by atoms with van der Waals surface area (Å²) in [6.45, 7) is 1.91. The first-order valence-electron chi connectivity index (χ1n) is 11.2. The van der Waals surface area contributed by atoms with Gasteiger partial charge in [-0.3, -0.25) is 4.90 Å². The minimum Gasteiger partial charge on any atom is -0.497 e. The molecular weight excluding hydrogens is 439 g/mol. The molecular formula is C26H29FN2O5. The zero-order valence-electron chi connectivity index (χ0n) is 19.1. The van der Waals surface area contributed by atoms with Gasteiger partial charge in [0.05, 0.1) is 31.8 Å². The smallest absolute Gasteiger partial charge is 0.145 e. The molecule has 0 bridgehead atoms. The number of oxime groups is 1. The zero-order valence-corrected chi connectivity index (χ0v) is 19.1. The molecule has 4 rings (SSSR count). The van der Waals surface area contributed by atoms with Gasteiger partial charge in [-0.25, -0.2) is 4.39 Å². The molecule has 7 nitrogen and oxygen atoms in total. The molecule has 0 radical (unpaired) electrons. The van der Waals surface area contributed by atoms with E-state index in [2.05, 4.69) is 10.1 Å². The van der Waals surface area contributed by atoms with E-state index in [4.69, 9.17) is 18.7 Å². The zero-order chi connectivity index (χ0) is 23.8. The highest BCUT2D eigenvalue weighted by atomic mass is 19.1. The topological polar surface area (TPSA) is 76.7 Å². The van der Waals surface area contributed by atoms with Gasteiger partial charge in [0.2, 0.25) is 0 Å². The van der Waals surface area contributed by atoms with Crippen LogP contribution in [0.5, 0.6) is 5.75 Å². The maximum atomic E-state index is 14.2. The molecule has 2 atom stereocenters. The van der Waals surface area contributed by atoms with E-state index in [1.54, 1.807) is 37.6 Å². The van der Waals surface area contributed by atoms with E-state index < -0.39 is 6.10 Å². The molecule has 0 aliphatic carbocycles. The average Bonchev–Trinajstić information content (AvgIpc) is 3.52. The number of aliphatic hydroxyl groups is 1. The molecule has 0 fully saturated rings. The van der Waals surface area contributed by atoms with Gasteiger partial charge in [-0.2, -0.15) is 0 Å². The first-order chi connectivity index (χ1) is 16.6. The van der Waals surface area contributed by atoms with Gasteiger partial charge in [0.25, 0.3) is 0 Å². The molecule has 0 saturated carbocycles. The number of furan rings is 1. The van der Waals surface area contributed by atoms with Crippen LogP contribution in [0.3, 0.4) is 0 Å². The summed E-state index contributed by atoms with van der Waals surface area (Å²) in [5, 5.41) is 14.8. The SMILES string of the molecule is COc1cccc(CN(C[C@@H](O)COCc2ccco2)C[C@H]2CC(c3ccccc3F)=NO2)c1. The lowest BCUT2D eigenvalue weighted by atomic mass is 10.0. The van der Waals surface area contributed by atoms with Crippen LogP contribution >= 0.6 is 0 Å². The lowest BCUT2D eigenvalue weighted by molar-refractivity contribution is -0.00956. The summed E-state index contributed by atoms with van der Waals surface area (Å²) in [7, 11) is 1.63. The largest absolute Gasteiger partial charge is 0.497 e. The molecule has 0 unspecified atom stereocenters. The van der Waals surface area contributed by atoms with E-state index in [1.807, 2.05) is 30.3 Å². The van der Waals surface area contributed by atoms with Crippen LogP contribution in [0.2, 0.25) is 0 Å². The first-order valence-corrected chi connectivity index (χ1v) is 11.2. The van der Waals surface area contributed by atoms with Crippen LogP contribution in [-0.2, 0) is 22.7 Å². The van der Waals surface area contributed by atoms with E-state index >= 15 is 0 Å². The molecule has 3 aromatic rings. The average molecular weight is 469 g/mol. The fourth-order valence-electron chi connectivity index (χ4n) is 3.94. The Morgan fingerprint density at radius 3 is 2.85 bits per heavy atom. The van der Waals surface area contributed by atoms with E-state index in [0.29, 0.717) is 49.7 Å². The van der Waals surface area contributed by atoms with Crippen LogP contribution in [0.15, 0.2) is 76.5 Å². The molecule has 1 aliphatic rings. The number of methoxy groups -OCH3 is 1. The summed E-state index contributed by atoms with van der Waals surface area (Å²) >= 11 is 0. The van der Waals surface area contributed by atoms with Gasteiger partial charge in [0.1, 0.15) is 30.0 Å². The van der Waals surface area contributed by atoms with Crippen LogP contribution in [0.1, 0.15) is 23.3 Å². The van der Waals surface area contributed by atoms with Crippen molar-refractivity contribution in [3.63, 3.8) is 0 Å². The fourth-order valence-corrected chi connectivity index (χ4v) is 3.94. The lowest BCUT2D eigenvalue weighted by Gasteiger charge is -2.27. The number of hydrogen-bond acceptors (Lipinski definition) is 7. The summed E-state index contributed by atoms with van der Waals surface area (Å²) in [6, 6.07) is 18.0. The summed E-state index contributed by atoms with van der Waals surface area (Å²) in [5.74, 6) is 1.16. The number of nitrogens with zero attached hydrogens (tertiary/aromatic N) is 2. The molecule has 2 aromatic carbocycles. The Morgan fingerprint density at radius 1 is 1.18 bits per heavy atom. The lowest BCUT2D eigenvalue weighted by Crippen LogP contribution is -2.39. The second kappa shape index (κ2) is 11.8. The van der Waals surface area contributed by atoms with Gasteiger partial charge < -0.3 is 23.8 Å². The second-order valence-corrected chi connectivity index (χ2v) is 8.24. The Bertz CT molecular complexity index is 1070. The van der Waals surface area contributed by atoms with Gasteiger partial charge >= 0.3 is 0 Å². The number of hydrogen-bond donors (Lipinski definition) is 1. The summed E-state index contributed by atoms with van der Waals surface area (Å²) < 4.78 is 30.4. The van der Waals surface area contributed by atoms with Crippen LogP contribution in [0.25, 0.3) is 0 Å². The van der Waals surface area contributed by atoms with Gasteiger partial charge in [0.15, 0.2) is 0 Å². The summed E-state index contributed by atoms with van der Waals surface area (Å²) in [6.07, 6.45) is 1.11. The van der Waals surface area contributed by atoms with Gasteiger partial charge in [-0.05, 0) is 35.9 Å². The highest BCUT2D eigenvalue weighted by molar-refractivity contribution is 6.01. The Labute approximate surface area is 198 Å². The Hall–Kier alpha value is -3.20. The summed E-state index contributed by atoms with van der Waals surface area (Å²) in [4.78, 5) is 7.71. The van der Waals surface area contributed by atoms with Crippen molar-refractivity contribution < 1.29 is 28.2 Å². The molecule has 2 heterocycles. The molecule has 1 aromatic heterocycles. The predicted octanol–water partition coefficient (Wildman–Crippen LogP) is 4.00. The highest BCUT2D eigenvalue weighted by Gasteiger charge is 2.27. The Morgan fingerprint density at radius 2 is 2.06 bits per heavy atom.